The van der Waals surface area contributed by atoms with Crippen molar-refractivity contribution in [2.75, 3.05) is 13.2 Å². The molecule has 0 unspecified atom stereocenters. The summed E-state index contributed by atoms with van der Waals surface area (Å²) in [6.45, 7) is 2.22. The van der Waals surface area contributed by atoms with Crippen molar-refractivity contribution in [2.45, 2.75) is 19.3 Å². The van der Waals surface area contributed by atoms with Crippen LogP contribution in [0, 0.1) is 5.92 Å². The maximum atomic E-state index is 12.1. The predicted octanol–water partition coefficient (Wildman–Crippen LogP) is 1.39. The van der Waals surface area contributed by atoms with Gasteiger partial charge >= 0.3 is 5.97 Å². The maximum Gasteiger partial charge on any atom is 0.308 e. The summed E-state index contributed by atoms with van der Waals surface area (Å²) in [6, 6.07) is 7.45. The highest BCUT2D eigenvalue weighted by molar-refractivity contribution is 5.85. The van der Waals surface area contributed by atoms with E-state index in [1.165, 1.54) is 0 Å². The first-order chi connectivity index (χ1) is 9.09. The molecule has 0 aliphatic carbocycles. The van der Waals surface area contributed by atoms with Crippen LogP contribution in [0.4, 0.5) is 0 Å². The van der Waals surface area contributed by atoms with Crippen molar-refractivity contribution in [3.63, 3.8) is 0 Å². The highest BCUT2D eigenvalue weighted by Crippen LogP contribution is 2.33. The van der Waals surface area contributed by atoms with Gasteiger partial charge in [0.25, 0.3) is 0 Å². The number of carboxylic acid groups (broad SMARTS) is 1. The molecule has 0 fully saturated rings. The third-order valence-corrected chi connectivity index (χ3v) is 3.28. The minimum Gasteiger partial charge on any atom is -0.493 e. The second-order valence-electron chi connectivity index (χ2n) is 4.71. The van der Waals surface area contributed by atoms with Crippen LogP contribution in [0.1, 0.15) is 24.8 Å². The van der Waals surface area contributed by atoms with Crippen molar-refractivity contribution in [3.8, 4) is 5.75 Å². The van der Waals surface area contributed by atoms with Crippen LogP contribution in [0.25, 0.3) is 0 Å². The number of hydrogen-bond donors (Lipinski definition) is 2. The summed E-state index contributed by atoms with van der Waals surface area (Å²) in [6.07, 6.45) is 0.615. The lowest BCUT2D eigenvalue weighted by molar-refractivity contribution is -0.141. The minimum absolute atomic E-state index is 0.135. The molecule has 2 rings (SSSR count). The van der Waals surface area contributed by atoms with Crippen LogP contribution >= 0.6 is 0 Å². The average molecular weight is 263 g/mol. The van der Waals surface area contributed by atoms with E-state index in [-0.39, 0.29) is 18.4 Å². The van der Waals surface area contributed by atoms with E-state index in [1.807, 2.05) is 24.3 Å². The van der Waals surface area contributed by atoms with Crippen molar-refractivity contribution in [1.82, 2.24) is 5.32 Å². The van der Waals surface area contributed by atoms with Crippen LogP contribution < -0.4 is 10.1 Å². The minimum atomic E-state index is -0.910. The molecule has 5 nitrogen and oxygen atoms in total. The Balaban J connectivity index is 2.03. The van der Waals surface area contributed by atoms with Crippen LogP contribution in [0.15, 0.2) is 24.3 Å². The van der Waals surface area contributed by atoms with Gasteiger partial charge in [0.05, 0.1) is 18.4 Å². The standard InChI is InChI=1S/C14H17NO4/c1-9(14(17)18)8-15-13(16)11-6-7-19-12-5-3-2-4-10(11)12/h2-5,9,11H,6-8H2,1H3,(H,15,16)(H,17,18)/t9-,11+/m1/s1. The van der Waals surface area contributed by atoms with Crippen LogP contribution in [-0.2, 0) is 9.59 Å². The zero-order chi connectivity index (χ0) is 13.8. The summed E-state index contributed by atoms with van der Waals surface area (Å²) >= 11 is 0. The van der Waals surface area contributed by atoms with Crippen LogP contribution in [-0.4, -0.2) is 30.1 Å². The van der Waals surface area contributed by atoms with Crippen molar-refractivity contribution in [1.29, 1.82) is 0 Å². The molecule has 0 bridgehead atoms. The second-order valence-corrected chi connectivity index (χ2v) is 4.71. The molecule has 5 heteroatoms. The van der Waals surface area contributed by atoms with E-state index in [4.69, 9.17) is 9.84 Å². The number of para-hydroxylation sites is 1. The smallest absolute Gasteiger partial charge is 0.308 e. The van der Waals surface area contributed by atoms with Gasteiger partial charge in [-0.1, -0.05) is 25.1 Å². The summed E-state index contributed by atoms with van der Waals surface area (Å²) in [7, 11) is 0. The molecule has 0 radical (unpaired) electrons. The van der Waals surface area contributed by atoms with Gasteiger partial charge in [-0.25, -0.2) is 0 Å². The Bertz CT molecular complexity index is 486. The molecule has 1 amide bonds. The zero-order valence-corrected chi connectivity index (χ0v) is 10.8. The third-order valence-electron chi connectivity index (χ3n) is 3.28. The summed E-state index contributed by atoms with van der Waals surface area (Å²) in [4.78, 5) is 22.8. The molecule has 1 aromatic rings. The molecule has 0 saturated carbocycles. The third kappa shape index (κ3) is 3.05. The molecule has 1 aliphatic heterocycles. The SMILES string of the molecule is C[C@H](CNC(=O)[C@H]1CCOc2ccccc21)C(=O)O. The van der Waals surface area contributed by atoms with Gasteiger partial charge in [-0.15, -0.1) is 0 Å². The Morgan fingerprint density at radius 1 is 1.47 bits per heavy atom. The summed E-state index contributed by atoms with van der Waals surface area (Å²) in [5, 5.41) is 11.5. The molecule has 0 saturated heterocycles. The van der Waals surface area contributed by atoms with Gasteiger partial charge in [-0.3, -0.25) is 9.59 Å². The maximum absolute atomic E-state index is 12.1. The first-order valence-electron chi connectivity index (χ1n) is 6.32. The summed E-state index contributed by atoms with van der Waals surface area (Å²) < 4.78 is 5.49. The fourth-order valence-corrected chi connectivity index (χ4v) is 2.08. The Morgan fingerprint density at radius 2 is 2.21 bits per heavy atom. The van der Waals surface area contributed by atoms with Gasteiger partial charge in [0.15, 0.2) is 0 Å². The fraction of sp³-hybridized carbons (Fsp3) is 0.429. The monoisotopic (exact) mass is 263 g/mol. The number of amides is 1. The molecule has 19 heavy (non-hydrogen) atoms. The van der Waals surface area contributed by atoms with Crippen molar-refractivity contribution >= 4 is 11.9 Å². The Labute approximate surface area is 111 Å². The van der Waals surface area contributed by atoms with Gasteiger partial charge in [-0.2, -0.15) is 0 Å². The quantitative estimate of drug-likeness (QED) is 0.860. The second kappa shape index (κ2) is 5.73. The Kier molecular flexibility index (Phi) is 4.04. The molecular formula is C14H17NO4. The summed E-state index contributed by atoms with van der Waals surface area (Å²) in [5.41, 5.74) is 0.870. The number of hydrogen-bond acceptors (Lipinski definition) is 3. The van der Waals surface area contributed by atoms with Gasteiger partial charge in [0, 0.05) is 12.1 Å². The van der Waals surface area contributed by atoms with E-state index >= 15 is 0 Å². The lowest BCUT2D eigenvalue weighted by Crippen LogP contribution is -2.36. The lowest BCUT2D eigenvalue weighted by Gasteiger charge is -2.25. The number of carbonyl (C=O) groups is 2. The van der Waals surface area contributed by atoms with Gasteiger partial charge in [0.1, 0.15) is 5.75 Å². The van der Waals surface area contributed by atoms with E-state index in [1.54, 1.807) is 6.92 Å². The number of carboxylic acids is 1. The molecule has 1 aromatic carbocycles. The van der Waals surface area contributed by atoms with Crippen LogP contribution in [0.5, 0.6) is 5.75 Å². The first kappa shape index (κ1) is 13.4. The zero-order valence-electron chi connectivity index (χ0n) is 10.8. The van der Waals surface area contributed by atoms with Gasteiger partial charge in [0.2, 0.25) is 5.91 Å². The highest BCUT2D eigenvalue weighted by Gasteiger charge is 2.27. The number of carbonyl (C=O) groups excluding carboxylic acids is 1. The molecule has 1 heterocycles. The van der Waals surface area contributed by atoms with Crippen molar-refractivity contribution in [2.24, 2.45) is 5.92 Å². The van der Waals surface area contributed by atoms with E-state index in [2.05, 4.69) is 5.32 Å². The molecule has 0 aromatic heterocycles. The average Bonchev–Trinajstić information content (AvgIpc) is 2.43. The normalized spacial score (nSPS) is 18.9. The number of aliphatic carboxylic acids is 1. The molecule has 0 spiro atoms. The molecule has 2 atom stereocenters. The molecule has 102 valence electrons. The topological polar surface area (TPSA) is 75.6 Å². The van der Waals surface area contributed by atoms with Gasteiger partial charge in [-0.05, 0) is 12.5 Å². The van der Waals surface area contributed by atoms with Crippen LogP contribution in [0.2, 0.25) is 0 Å². The van der Waals surface area contributed by atoms with Gasteiger partial charge < -0.3 is 15.2 Å². The molecule has 1 aliphatic rings. The fourth-order valence-electron chi connectivity index (χ4n) is 2.08. The van der Waals surface area contributed by atoms with E-state index in [0.717, 1.165) is 11.3 Å². The molecular weight excluding hydrogens is 246 g/mol. The summed E-state index contributed by atoms with van der Waals surface area (Å²) in [5.74, 6) is -1.15. The number of ether oxygens (including phenoxy) is 1. The van der Waals surface area contributed by atoms with E-state index in [0.29, 0.717) is 13.0 Å². The predicted molar refractivity (Wildman–Crippen MR) is 69.1 cm³/mol. The molecule has 2 N–H and O–H groups in total. The number of fused-ring (bicyclic) bond motifs is 1. The number of benzene rings is 1. The number of rotatable bonds is 4. The number of nitrogens with one attached hydrogen (secondary N) is 1. The van der Waals surface area contributed by atoms with E-state index < -0.39 is 11.9 Å². The first-order valence-corrected chi connectivity index (χ1v) is 6.32. The van der Waals surface area contributed by atoms with Crippen molar-refractivity contribution < 1.29 is 19.4 Å². The van der Waals surface area contributed by atoms with Crippen LogP contribution in [0.3, 0.4) is 0 Å². The lowest BCUT2D eigenvalue weighted by atomic mass is 9.92. The van der Waals surface area contributed by atoms with E-state index in [9.17, 15) is 9.59 Å². The Hall–Kier alpha value is -2.04. The van der Waals surface area contributed by atoms with Crippen molar-refractivity contribution in [3.05, 3.63) is 29.8 Å². The largest absolute Gasteiger partial charge is 0.493 e. The highest BCUT2D eigenvalue weighted by atomic mass is 16.5. The Morgan fingerprint density at radius 3 is 2.95 bits per heavy atom.